The number of carbonyl (C=O) groups is 4. The van der Waals surface area contributed by atoms with E-state index in [4.69, 9.17) is 10.2 Å². The van der Waals surface area contributed by atoms with Crippen LogP contribution in [0.25, 0.3) is 0 Å². The van der Waals surface area contributed by atoms with Gasteiger partial charge in [-0.3, -0.25) is 0 Å². The number of halogens is 10. The van der Waals surface area contributed by atoms with Crippen LogP contribution in [-0.4, -0.2) is 70.1 Å². The Kier molecular flexibility index (Phi) is 6.48. The zero-order valence-corrected chi connectivity index (χ0v) is 11.9. The number of carbonyl (C=O) groups excluding carboxylic acids is 2. The van der Waals surface area contributed by atoms with Crippen molar-refractivity contribution in [2.75, 3.05) is 0 Å². The molecule has 0 radical (unpaired) electrons. The lowest BCUT2D eigenvalue weighted by Gasteiger charge is -2.25. The number of carboxylic acids is 2. The van der Waals surface area contributed by atoms with Gasteiger partial charge >= 0.3 is 47.6 Å². The fourth-order valence-corrected chi connectivity index (χ4v) is 1.10. The van der Waals surface area contributed by atoms with Gasteiger partial charge in [0.1, 0.15) is 0 Å². The Morgan fingerprint density at radius 2 is 0.815 bits per heavy atom. The number of hydrogen-bond acceptors (Lipinski definition) is 5. The predicted molar refractivity (Wildman–Crippen MR) is 56.0 cm³/mol. The molecule has 0 aromatic heterocycles. The number of ether oxygens (including phenoxy) is 1. The molecule has 27 heavy (non-hydrogen) atoms. The average Bonchev–Trinajstić information content (AvgIpc) is 2.52. The summed E-state index contributed by atoms with van der Waals surface area (Å²) >= 11 is 0. The molecule has 2 atom stereocenters. The first kappa shape index (κ1) is 24.4. The van der Waals surface area contributed by atoms with Crippen molar-refractivity contribution in [3.63, 3.8) is 0 Å². The number of carboxylic acid groups (broad SMARTS) is 2. The van der Waals surface area contributed by atoms with E-state index in [9.17, 15) is 63.1 Å². The molecule has 0 saturated heterocycles. The van der Waals surface area contributed by atoms with E-state index in [1.807, 2.05) is 0 Å². The SMILES string of the molecule is O=C(O)C(F)(F)C(F)C(F)(F)C(=O)OC(=O)C(F)(F)C(F)C(F)(F)C(=O)O. The lowest BCUT2D eigenvalue weighted by atomic mass is 10.1. The van der Waals surface area contributed by atoms with Crippen LogP contribution in [0.4, 0.5) is 43.9 Å². The normalized spacial score (nSPS) is 15.6. The van der Waals surface area contributed by atoms with Crippen LogP contribution in [0.1, 0.15) is 0 Å². The largest absolute Gasteiger partial charge is 0.477 e. The van der Waals surface area contributed by atoms with Crippen molar-refractivity contribution in [2.24, 2.45) is 0 Å². The fourth-order valence-electron chi connectivity index (χ4n) is 1.10. The van der Waals surface area contributed by atoms with Gasteiger partial charge in [-0.2, -0.15) is 35.1 Å². The maximum atomic E-state index is 13.1. The van der Waals surface area contributed by atoms with E-state index in [-0.39, 0.29) is 0 Å². The van der Waals surface area contributed by atoms with Crippen LogP contribution in [0, 0.1) is 0 Å². The molecule has 0 spiro atoms. The number of esters is 2. The second-order valence-electron chi connectivity index (χ2n) is 4.50. The van der Waals surface area contributed by atoms with E-state index in [0.29, 0.717) is 0 Å². The molecule has 0 amide bonds. The Hall–Kier alpha value is -2.62. The second-order valence-corrected chi connectivity index (χ2v) is 4.50. The van der Waals surface area contributed by atoms with Crippen molar-refractivity contribution in [3.05, 3.63) is 0 Å². The van der Waals surface area contributed by atoms with Crippen molar-refractivity contribution >= 4 is 23.9 Å². The quantitative estimate of drug-likeness (QED) is 0.343. The van der Waals surface area contributed by atoms with Crippen LogP contribution in [0.5, 0.6) is 0 Å². The maximum Gasteiger partial charge on any atom is 0.388 e. The van der Waals surface area contributed by atoms with Gasteiger partial charge in [0.2, 0.25) is 12.3 Å². The fraction of sp³-hybridized carbons (Fsp3) is 0.600. The Morgan fingerprint density at radius 3 is 1.00 bits per heavy atom. The van der Waals surface area contributed by atoms with Gasteiger partial charge in [0.25, 0.3) is 0 Å². The summed E-state index contributed by atoms with van der Waals surface area (Å²) in [7, 11) is 0. The molecule has 0 bridgehead atoms. The predicted octanol–water partition coefficient (Wildman–Crippen LogP) is 1.44. The van der Waals surface area contributed by atoms with E-state index < -0.39 is 59.9 Å². The molecule has 2 unspecified atom stereocenters. The summed E-state index contributed by atoms with van der Waals surface area (Å²) in [6.07, 6.45) is -10.6. The third-order valence-corrected chi connectivity index (χ3v) is 2.57. The summed E-state index contributed by atoms with van der Waals surface area (Å²) in [6.45, 7) is 0. The summed E-state index contributed by atoms with van der Waals surface area (Å²) in [4.78, 5) is 41.3. The summed E-state index contributed by atoms with van der Waals surface area (Å²) in [5.74, 6) is -39.5. The molecule has 0 aliphatic carbocycles. The zero-order valence-electron chi connectivity index (χ0n) is 11.9. The number of hydrogen-bond donors (Lipinski definition) is 2. The van der Waals surface area contributed by atoms with Crippen LogP contribution in [0.15, 0.2) is 0 Å². The Morgan fingerprint density at radius 1 is 0.593 bits per heavy atom. The van der Waals surface area contributed by atoms with Gasteiger partial charge in [0.15, 0.2) is 0 Å². The Labute approximate surface area is 139 Å². The number of alkyl halides is 10. The third-order valence-electron chi connectivity index (χ3n) is 2.57. The highest BCUT2D eigenvalue weighted by molar-refractivity contribution is 5.94. The highest BCUT2D eigenvalue weighted by Crippen LogP contribution is 2.38. The van der Waals surface area contributed by atoms with E-state index in [2.05, 4.69) is 4.74 Å². The minimum Gasteiger partial charge on any atom is -0.477 e. The first-order valence-corrected chi connectivity index (χ1v) is 5.77. The molecule has 0 rings (SSSR count). The smallest absolute Gasteiger partial charge is 0.388 e. The maximum absolute atomic E-state index is 13.1. The molecular formula is C10H4F10O7. The molecule has 7 nitrogen and oxygen atoms in total. The summed E-state index contributed by atoms with van der Waals surface area (Å²) < 4.78 is 131. The molecule has 0 fully saturated rings. The second kappa shape index (κ2) is 7.18. The van der Waals surface area contributed by atoms with Gasteiger partial charge in [0, 0.05) is 0 Å². The van der Waals surface area contributed by atoms with Gasteiger partial charge in [-0.25, -0.2) is 28.0 Å². The lowest BCUT2D eigenvalue weighted by Crippen LogP contribution is -2.56. The minimum absolute atomic E-state index is 2.46. The summed E-state index contributed by atoms with van der Waals surface area (Å²) in [6, 6.07) is 0. The third kappa shape index (κ3) is 4.38. The van der Waals surface area contributed by atoms with Crippen LogP contribution < -0.4 is 0 Å². The summed E-state index contributed by atoms with van der Waals surface area (Å²) in [5.41, 5.74) is 0. The first-order valence-electron chi connectivity index (χ1n) is 5.77. The molecule has 0 aromatic carbocycles. The molecule has 0 saturated carbocycles. The van der Waals surface area contributed by atoms with E-state index in [1.165, 1.54) is 0 Å². The Bertz CT molecular complexity index is 592. The average molecular weight is 426 g/mol. The van der Waals surface area contributed by atoms with Crippen LogP contribution >= 0.6 is 0 Å². The monoisotopic (exact) mass is 426 g/mol. The topological polar surface area (TPSA) is 118 Å². The van der Waals surface area contributed by atoms with E-state index in [0.717, 1.165) is 0 Å². The molecule has 2 N–H and O–H groups in total. The van der Waals surface area contributed by atoms with Gasteiger partial charge in [0.05, 0.1) is 0 Å². The first-order chi connectivity index (χ1) is 11.7. The van der Waals surface area contributed by atoms with Gasteiger partial charge in [-0.1, -0.05) is 0 Å². The molecular weight excluding hydrogens is 422 g/mol. The highest BCUT2D eigenvalue weighted by atomic mass is 19.3. The molecule has 0 aromatic rings. The van der Waals surface area contributed by atoms with Crippen molar-refractivity contribution in [2.45, 2.75) is 36.0 Å². The Balaban J connectivity index is 5.59. The van der Waals surface area contributed by atoms with Crippen molar-refractivity contribution in [1.29, 1.82) is 0 Å². The number of rotatable bonds is 8. The highest BCUT2D eigenvalue weighted by Gasteiger charge is 2.68. The van der Waals surface area contributed by atoms with E-state index in [1.54, 1.807) is 0 Å². The van der Waals surface area contributed by atoms with E-state index >= 15 is 0 Å². The van der Waals surface area contributed by atoms with Gasteiger partial charge < -0.3 is 14.9 Å². The van der Waals surface area contributed by atoms with Crippen molar-refractivity contribution in [1.82, 2.24) is 0 Å². The molecule has 156 valence electrons. The molecule has 0 aliphatic heterocycles. The molecule has 17 heteroatoms. The van der Waals surface area contributed by atoms with Crippen LogP contribution in [0.3, 0.4) is 0 Å². The van der Waals surface area contributed by atoms with Crippen LogP contribution in [0.2, 0.25) is 0 Å². The number of aliphatic carboxylic acids is 2. The van der Waals surface area contributed by atoms with Crippen molar-refractivity contribution < 1.29 is 78.0 Å². The summed E-state index contributed by atoms with van der Waals surface area (Å²) in [5, 5.41) is 15.7. The van der Waals surface area contributed by atoms with Crippen molar-refractivity contribution in [3.8, 4) is 0 Å². The lowest BCUT2D eigenvalue weighted by molar-refractivity contribution is -0.230. The molecule has 0 heterocycles. The minimum atomic E-state index is -6.30. The van der Waals surface area contributed by atoms with Gasteiger partial charge in [-0.05, 0) is 0 Å². The van der Waals surface area contributed by atoms with Crippen LogP contribution in [-0.2, 0) is 23.9 Å². The van der Waals surface area contributed by atoms with Gasteiger partial charge in [-0.15, -0.1) is 0 Å². The standard InChI is InChI=1S/C10H4F10O7/c11-1(7(13,14)3(21)22)9(17,18)5(25)27-6(26)10(19,20)2(12)8(15,16)4(23)24/h1-2H,(H,21,22)(H,23,24). The molecule has 0 aliphatic rings. The zero-order chi connectivity index (χ0) is 22.2.